The van der Waals surface area contributed by atoms with Gasteiger partial charge in [-0.25, -0.2) is 9.07 Å². The van der Waals surface area contributed by atoms with Gasteiger partial charge in [-0.15, -0.1) is 5.10 Å². The number of benzene rings is 2. The number of hydrogen-bond acceptors (Lipinski definition) is 4. The maximum atomic E-state index is 13.3. The molecular formula is C18H18FN5O. The zero-order valence-electron chi connectivity index (χ0n) is 14.0. The van der Waals surface area contributed by atoms with Crippen molar-refractivity contribution in [2.24, 2.45) is 0 Å². The van der Waals surface area contributed by atoms with Crippen LogP contribution in [0.1, 0.15) is 27.2 Å². The van der Waals surface area contributed by atoms with Crippen LogP contribution >= 0.6 is 0 Å². The fraction of sp³-hybridized carbons (Fsp3) is 0.167. The summed E-state index contributed by atoms with van der Waals surface area (Å²) in [6.07, 6.45) is 0. The summed E-state index contributed by atoms with van der Waals surface area (Å²) in [6, 6.07) is 11.8. The van der Waals surface area contributed by atoms with E-state index in [0.29, 0.717) is 5.56 Å². The molecule has 0 fully saturated rings. The first kappa shape index (κ1) is 16.6. The molecule has 1 amide bonds. The van der Waals surface area contributed by atoms with Crippen molar-refractivity contribution in [3.63, 3.8) is 0 Å². The van der Waals surface area contributed by atoms with E-state index < -0.39 is 5.91 Å². The minimum atomic E-state index is -0.430. The summed E-state index contributed by atoms with van der Waals surface area (Å²) in [7, 11) is 0. The minimum Gasteiger partial charge on any atom is -0.382 e. The van der Waals surface area contributed by atoms with Crippen LogP contribution in [0.5, 0.6) is 0 Å². The Balaban J connectivity index is 1.82. The van der Waals surface area contributed by atoms with Gasteiger partial charge < -0.3 is 11.1 Å². The average Bonchev–Trinajstić information content (AvgIpc) is 2.92. The van der Waals surface area contributed by atoms with E-state index in [4.69, 9.17) is 5.73 Å². The monoisotopic (exact) mass is 339 g/mol. The van der Waals surface area contributed by atoms with Crippen molar-refractivity contribution in [2.45, 2.75) is 20.4 Å². The van der Waals surface area contributed by atoms with Gasteiger partial charge in [-0.3, -0.25) is 4.79 Å². The summed E-state index contributed by atoms with van der Waals surface area (Å²) in [5.41, 5.74) is 9.34. The van der Waals surface area contributed by atoms with Gasteiger partial charge in [-0.1, -0.05) is 35.5 Å². The normalized spacial score (nSPS) is 10.7. The molecule has 0 atom stereocenters. The Labute approximate surface area is 144 Å². The first-order valence-electron chi connectivity index (χ1n) is 7.76. The van der Waals surface area contributed by atoms with Crippen molar-refractivity contribution in [2.75, 3.05) is 11.1 Å². The molecule has 1 heterocycles. The van der Waals surface area contributed by atoms with Crippen LogP contribution in [0, 0.1) is 19.7 Å². The molecule has 0 aliphatic carbocycles. The van der Waals surface area contributed by atoms with Crippen LogP contribution in [0.25, 0.3) is 0 Å². The maximum Gasteiger partial charge on any atom is 0.280 e. The van der Waals surface area contributed by atoms with Gasteiger partial charge in [0.05, 0.1) is 6.54 Å². The third kappa shape index (κ3) is 3.50. The van der Waals surface area contributed by atoms with Crippen LogP contribution in [-0.2, 0) is 6.54 Å². The van der Waals surface area contributed by atoms with E-state index >= 15 is 0 Å². The molecule has 0 aliphatic heterocycles. The first-order valence-corrected chi connectivity index (χ1v) is 7.76. The number of hydrogen-bond donors (Lipinski definition) is 2. The number of aromatic nitrogens is 3. The zero-order valence-corrected chi connectivity index (χ0v) is 14.0. The van der Waals surface area contributed by atoms with Crippen LogP contribution in [0.15, 0.2) is 42.5 Å². The molecule has 0 spiro atoms. The number of para-hydroxylation sites is 1. The Morgan fingerprint density at radius 1 is 1.20 bits per heavy atom. The molecule has 3 rings (SSSR count). The molecule has 7 heteroatoms. The summed E-state index contributed by atoms with van der Waals surface area (Å²) < 4.78 is 14.7. The van der Waals surface area contributed by atoms with E-state index in [1.807, 2.05) is 32.0 Å². The largest absolute Gasteiger partial charge is 0.382 e. The lowest BCUT2D eigenvalue weighted by Crippen LogP contribution is -2.16. The van der Waals surface area contributed by atoms with E-state index in [-0.39, 0.29) is 23.9 Å². The minimum absolute atomic E-state index is 0.0408. The van der Waals surface area contributed by atoms with Gasteiger partial charge in [-0.05, 0) is 42.7 Å². The van der Waals surface area contributed by atoms with Crippen LogP contribution in [0.4, 0.5) is 15.9 Å². The lowest BCUT2D eigenvalue weighted by Gasteiger charge is -2.10. The van der Waals surface area contributed by atoms with Crippen LogP contribution < -0.4 is 11.1 Å². The molecule has 3 aromatic rings. The Morgan fingerprint density at radius 2 is 1.88 bits per heavy atom. The molecule has 0 radical (unpaired) electrons. The third-order valence-corrected chi connectivity index (χ3v) is 3.93. The highest BCUT2D eigenvalue weighted by Crippen LogP contribution is 2.21. The zero-order chi connectivity index (χ0) is 18.0. The molecule has 2 aromatic carbocycles. The summed E-state index contributed by atoms with van der Waals surface area (Å²) >= 11 is 0. The molecule has 0 saturated heterocycles. The van der Waals surface area contributed by atoms with Gasteiger partial charge in [0.1, 0.15) is 5.82 Å². The van der Waals surface area contributed by atoms with E-state index in [1.54, 1.807) is 12.1 Å². The summed E-state index contributed by atoms with van der Waals surface area (Å²) in [6.45, 7) is 4.05. The highest BCUT2D eigenvalue weighted by molar-refractivity contribution is 6.06. The fourth-order valence-corrected chi connectivity index (χ4v) is 2.59. The van der Waals surface area contributed by atoms with Crippen molar-refractivity contribution in [3.05, 3.63) is 70.7 Å². The summed E-state index contributed by atoms with van der Waals surface area (Å²) in [5, 5.41) is 10.6. The Kier molecular flexibility index (Phi) is 4.47. The number of nitrogens with two attached hydrogens (primary N) is 1. The average molecular weight is 339 g/mol. The quantitative estimate of drug-likeness (QED) is 0.765. The Hall–Kier alpha value is -3.22. The highest BCUT2D eigenvalue weighted by Gasteiger charge is 2.19. The Morgan fingerprint density at radius 3 is 2.56 bits per heavy atom. The SMILES string of the molecule is Cc1cccc(C)c1NC(=O)c1nnn(Cc2cccc(F)c2)c1N. The number of nitrogens with zero attached hydrogens (tertiary/aromatic N) is 3. The summed E-state index contributed by atoms with van der Waals surface area (Å²) in [5.74, 6) is -0.641. The number of aryl methyl sites for hydroxylation is 2. The van der Waals surface area contributed by atoms with Crippen LogP contribution in [0.2, 0.25) is 0 Å². The maximum absolute atomic E-state index is 13.3. The van der Waals surface area contributed by atoms with Gasteiger partial charge >= 0.3 is 0 Å². The number of anilines is 2. The molecule has 0 bridgehead atoms. The van der Waals surface area contributed by atoms with Gasteiger partial charge in [0.25, 0.3) is 5.91 Å². The molecule has 25 heavy (non-hydrogen) atoms. The molecule has 0 saturated carbocycles. The lowest BCUT2D eigenvalue weighted by molar-refractivity contribution is 0.102. The molecule has 1 aromatic heterocycles. The highest BCUT2D eigenvalue weighted by atomic mass is 19.1. The van der Waals surface area contributed by atoms with Gasteiger partial charge in [0.2, 0.25) is 0 Å². The Bertz CT molecular complexity index is 915. The standard InChI is InChI=1S/C18H18FN5O/c1-11-5-3-6-12(2)15(11)21-18(25)16-17(20)24(23-22-16)10-13-7-4-8-14(19)9-13/h3-9H,10,20H2,1-2H3,(H,21,25). The number of halogens is 1. The van der Waals surface area contributed by atoms with Crippen molar-refractivity contribution < 1.29 is 9.18 Å². The van der Waals surface area contributed by atoms with Gasteiger partial charge in [-0.2, -0.15) is 0 Å². The third-order valence-electron chi connectivity index (χ3n) is 3.93. The predicted octanol–water partition coefficient (Wildman–Crippen LogP) is 2.92. The number of carbonyl (C=O) groups is 1. The van der Waals surface area contributed by atoms with Crippen molar-refractivity contribution in [1.29, 1.82) is 0 Å². The number of amides is 1. The topological polar surface area (TPSA) is 85.8 Å². The van der Waals surface area contributed by atoms with Gasteiger partial charge in [0, 0.05) is 5.69 Å². The van der Waals surface area contributed by atoms with E-state index in [0.717, 1.165) is 16.8 Å². The number of rotatable bonds is 4. The number of nitrogen functional groups attached to an aromatic ring is 1. The first-order chi connectivity index (χ1) is 12.0. The van der Waals surface area contributed by atoms with Crippen LogP contribution in [-0.4, -0.2) is 20.9 Å². The van der Waals surface area contributed by atoms with Gasteiger partial charge in [0.15, 0.2) is 11.5 Å². The molecule has 128 valence electrons. The van der Waals surface area contributed by atoms with Crippen molar-refractivity contribution >= 4 is 17.4 Å². The smallest absolute Gasteiger partial charge is 0.280 e. The second kappa shape index (κ2) is 6.72. The van der Waals surface area contributed by atoms with Crippen molar-refractivity contribution in [1.82, 2.24) is 15.0 Å². The molecule has 0 aliphatic rings. The van der Waals surface area contributed by atoms with E-state index in [9.17, 15) is 9.18 Å². The molecule has 3 N–H and O–H groups in total. The van der Waals surface area contributed by atoms with E-state index in [2.05, 4.69) is 15.6 Å². The molecule has 0 unspecified atom stereocenters. The predicted molar refractivity (Wildman–Crippen MR) is 93.8 cm³/mol. The second-order valence-electron chi connectivity index (χ2n) is 5.83. The molecule has 6 nitrogen and oxygen atoms in total. The number of carbonyl (C=O) groups excluding carboxylic acids is 1. The molecular weight excluding hydrogens is 321 g/mol. The van der Waals surface area contributed by atoms with Crippen LogP contribution in [0.3, 0.4) is 0 Å². The number of nitrogens with one attached hydrogen (secondary N) is 1. The van der Waals surface area contributed by atoms with E-state index in [1.165, 1.54) is 16.8 Å². The lowest BCUT2D eigenvalue weighted by atomic mass is 10.1. The second-order valence-corrected chi connectivity index (χ2v) is 5.83. The fourth-order valence-electron chi connectivity index (χ4n) is 2.59. The van der Waals surface area contributed by atoms with Crippen molar-refractivity contribution in [3.8, 4) is 0 Å². The summed E-state index contributed by atoms with van der Waals surface area (Å²) in [4.78, 5) is 12.5.